The third-order valence-corrected chi connectivity index (χ3v) is 4.73. The summed E-state index contributed by atoms with van der Waals surface area (Å²) in [5, 5.41) is 2.48. The molecule has 0 aliphatic heterocycles. The number of anilines is 1. The van der Waals surface area contributed by atoms with Gasteiger partial charge in [0.25, 0.3) is 0 Å². The number of hydrogen-bond acceptors (Lipinski definition) is 4. The second kappa shape index (κ2) is 10.6. The van der Waals surface area contributed by atoms with Crippen molar-refractivity contribution in [2.24, 2.45) is 0 Å². The quantitative estimate of drug-likeness (QED) is 0.407. The van der Waals surface area contributed by atoms with Crippen LogP contribution in [0.5, 0.6) is 5.75 Å². The number of ether oxygens (including phenoxy) is 1. The molecule has 0 aliphatic carbocycles. The van der Waals surface area contributed by atoms with Crippen molar-refractivity contribution in [2.45, 2.75) is 19.5 Å². The van der Waals surface area contributed by atoms with Crippen LogP contribution in [0.3, 0.4) is 0 Å². The Labute approximate surface area is 187 Å². The maximum absolute atomic E-state index is 14.0. The Morgan fingerprint density at radius 1 is 1.12 bits per heavy atom. The highest BCUT2D eigenvalue weighted by atomic mass is 32.2. The van der Waals surface area contributed by atoms with Gasteiger partial charge in [-0.1, -0.05) is 6.07 Å². The Balaban J connectivity index is 2.01. The second-order valence-electron chi connectivity index (χ2n) is 6.87. The molecule has 2 aromatic rings. The van der Waals surface area contributed by atoms with E-state index in [1.54, 1.807) is 11.6 Å². The molecule has 2 N–H and O–H groups in total. The lowest BCUT2D eigenvalue weighted by molar-refractivity contribution is -0.137. The van der Waals surface area contributed by atoms with E-state index in [4.69, 9.17) is 4.74 Å². The van der Waals surface area contributed by atoms with Gasteiger partial charge in [-0.3, -0.25) is 9.52 Å². The van der Waals surface area contributed by atoms with Crippen LogP contribution in [-0.2, 0) is 27.4 Å². The Bertz CT molecular complexity index is 1120. The van der Waals surface area contributed by atoms with Crippen LogP contribution in [0, 0.1) is 11.6 Å². The lowest BCUT2D eigenvalue weighted by Crippen LogP contribution is -2.23. The number of carbonyl (C=O) groups is 1. The largest absolute Gasteiger partial charge is 0.493 e. The number of halogens is 5. The van der Waals surface area contributed by atoms with E-state index in [0.717, 1.165) is 36.6 Å². The van der Waals surface area contributed by atoms with Crippen LogP contribution in [0.4, 0.5) is 27.6 Å². The Morgan fingerprint density at radius 3 is 2.30 bits per heavy atom. The summed E-state index contributed by atoms with van der Waals surface area (Å²) in [4.78, 5) is 12.0. The zero-order valence-electron chi connectivity index (χ0n) is 17.6. The Hall–Kier alpha value is -3.15. The van der Waals surface area contributed by atoms with Crippen molar-refractivity contribution in [3.05, 3.63) is 64.7 Å². The summed E-state index contributed by atoms with van der Waals surface area (Å²) < 4.78 is 95.9. The zero-order valence-corrected chi connectivity index (χ0v) is 18.4. The number of hydrogen-bond donors (Lipinski definition) is 2. The predicted molar refractivity (Wildman–Crippen MR) is 113 cm³/mol. The SMILES string of the molecule is CCOc1cc(C(F)(F)F)ccc1C=CC(=O)NCCc1cc(F)c(NS(C)(=O)=O)c(F)c1. The average Bonchev–Trinajstić information content (AvgIpc) is 2.68. The molecule has 180 valence electrons. The number of amides is 1. The number of nitrogens with one attached hydrogen (secondary N) is 2. The van der Waals surface area contributed by atoms with Crippen LogP contribution in [0.2, 0.25) is 0 Å². The van der Waals surface area contributed by atoms with Gasteiger partial charge in [-0.15, -0.1) is 0 Å². The van der Waals surface area contributed by atoms with E-state index in [-0.39, 0.29) is 36.4 Å². The van der Waals surface area contributed by atoms with E-state index in [1.807, 2.05) is 0 Å². The molecule has 6 nitrogen and oxygen atoms in total. The average molecular weight is 492 g/mol. The van der Waals surface area contributed by atoms with Gasteiger partial charge in [0.1, 0.15) is 11.4 Å². The predicted octanol–water partition coefficient (Wildman–Crippen LogP) is 4.13. The molecule has 0 spiro atoms. The van der Waals surface area contributed by atoms with Crippen LogP contribution < -0.4 is 14.8 Å². The van der Waals surface area contributed by atoms with Gasteiger partial charge in [-0.2, -0.15) is 13.2 Å². The fraction of sp³-hybridized carbons (Fsp3) is 0.286. The minimum absolute atomic E-state index is 0.00770. The molecule has 33 heavy (non-hydrogen) atoms. The van der Waals surface area contributed by atoms with Gasteiger partial charge in [0.2, 0.25) is 15.9 Å². The molecule has 0 atom stereocenters. The number of sulfonamides is 1. The van der Waals surface area contributed by atoms with Gasteiger partial charge < -0.3 is 10.1 Å². The van der Waals surface area contributed by atoms with Crippen LogP contribution >= 0.6 is 0 Å². The highest BCUT2D eigenvalue weighted by Gasteiger charge is 2.31. The summed E-state index contributed by atoms with van der Waals surface area (Å²) in [6.45, 7) is 1.72. The minimum atomic E-state index is -4.54. The molecular weight excluding hydrogens is 471 g/mol. The zero-order chi connectivity index (χ0) is 24.8. The lowest BCUT2D eigenvalue weighted by Gasteiger charge is -2.12. The normalized spacial score (nSPS) is 12.1. The van der Waals surface area contributed by atoms with Gasteiger partial charge in [-0.05, 0) is 49.2 Å². The third-order valence-electron chi connectivity index (χ3n) is 4.16. The van der Waals surface area contributed by atoms with E-state index in [1.165, 1.54) is 12.1 Å². The first-order valence-electron chi connectivity index (χ1n) is 9.56. The van der Waals surface area contributed by atoms with Gasteiger partial charge in [-0.25, -0.2) is 17.2 Å². The molecule has 12 heteroatoms. The molecule has 1 amide bonds. The van der Waals surface area contributed by atoms with Gasteiger partial charge >= 0.3 is 6.18 Å². The highest BCUT2D eigenvalue weighted by Crippen LogP contribution is 2.33. The van der Waals surface area contributed by atoms with Crippen molar-refractivity contribution in [2.75, 3.05) is 24.1 Å². The molecule has 0 aromatic heterocycles. The molecule has 2 rings (SSSR count). The highest BCUT2D eigenvalue weighted by molar-refractivity contribution is 7.92. The molecule has 0 saturated carbocycles. The first-order valence-corrected chi connectivity index (χ1v) is 11.4. The monoisotopic (exact) mass is 492 g/mol. The summed E-state index contributed by atoms with van der Waals surface area (Å²) in [6, 6.07) is 4.76. The lowest BCUT2D eigenvalue weighted by atomic mass is 10.1. The van der Waals surface area contributed by atoms with Gasteiger partial charge in [0.15, 0.2) is 11.6 Å². The summed E-state index contributed by atoms with van der Waals surface area (Å²) >= 11 is 0. The van der Waals surface area contributed by atoms with Gasteiger partial charge in [0, 0.05) is 18.2 Å². The molecule has 0 unspecified atom stereocenters. The first kappa shape index (κ1) is 26.1. The van der Waals surface area contributed by atoms with Crippen molar-refractivity contribution in [1.29, 1.82) is 0 Å². The van der Waals surface area contributed by atoms with E-state index >= 15 is 0 Å². The van der Waals surface area contributed by atoms with Crippen LogP contribution in [0.25, 0.3) is 6.08 Å². The minimum Gasteiger partial charge on any atom is -0.493 e. The fourth-order valence-electron chi connectivity index (χ4n) is 2.74. The summed E-state index contributed by atoms with van der Waals surface area (Å²) in [5.41, 5.74) is -1.24. The van der Waals surface area contributed by atoms with Gasteiger partial charge in [0.05, 0.1) is 18.4 Å². The summed E-state index contributed by atoms with van der Waals surface area (Å²) in [5.74, 6) is -2.83. The third kappa shape index (κ3) is 8.04. The maximum Gasteiger partial charge on any atom is 0.416 e. The molecule has 0 saturated heterocycles. The fourth-order valence-corrected chi connectivity index (χ4v) is 3.30. The molecule has 0 bridgehead atoms. The second-order valence-corrected chi connectivity index (χ2v) is 8.61. The van der Waals surface area contributed by atoms with Crippen molar-refractivity contribution in [3.8, 4) is 5.75 Å². The van der Waals surface area contributed by atoms with Crippen LogP contribution in [0.15, 0.2) is 36.4 Å². The molecule has 0 aliphatic rings. The van der Waals surface area contributed by atoms with Crippen molar-refractivity contribution < 1.29 is 39.9 Å². The number of carbonyl (C=O) groups excluding carboxylic acids is 1. The van der Waals surface area contributed by atoms with Crippen molar-refractivity contribution >= 4 is 27.7 Å². The standard InChI is InChI=1S/C21H21F5N2O4S/c1-3-32-18-12-15(21(24,25)26)6-4-14(18)5-7-19(29)27-9-8-13-10-16(22)20(17(23)11-13)28-33(2,30)31/h4-7,10-12,28H,3,8-9H2,1-2H3,(H,27,29). The number of alkyl halides is 3. The van der Waals surface area contributed by atoms with Crippen molar-refractivity contribution in [3.63, 3.8) is 0 Å². The van der Waals surface area contributed by atoms with E-state index in [0.29, 0.717) is 0 Å². The van der Waals surface area contributed by atoms with Crippen LogP contribution in [0.1, 0.15) is 23.6 Å². The Kier molecular flexibility index (Phi) is 8.42. The number of rotatable bonds is 9. The smallest absolute Gasteiger partial charge is 0.416 e. The topological polar surface area (TPSA) is 84.5 Å². The van der Waals surface area contributed by atoms with E-state index in [9.17, 15) is 35.2 Å². The summed E-state index contributed by atoms with van der Waals surface area (Å²) in [7, 11) is -3.87. The number of benzene rings is 2. The Morgan fingerprint density at radius 2 is 1.76 bits per heavy atom. The molecular formula is C21H21F5N2O4S. The van der Waals surface area contributed by atoms with Crippen molar-refractivity contribution in [1.82, 2.24) is 5.32 Å². The maximum atomic E-state index is 14.0. The first-order chi connectivity index (χ1) is 15.3. The van der Waals surface area contributed by atoms with E-state index < -0.39 is 45.0 Å². The molecule has 0 radical (unpaired) electrons. The molecule has 0 heterocycles. The van der Waals surface area contributed by atoms with Crippen LogP contribution in [-0.4, -0.2) is 33.7 Å². The molecule has 2 aromatic carbocycles. The van der Waals surface area contributed by atoms with E-state index in [2.05, 4.69) is 5.32 Å². The summed E-state index contributed by atoms with van der Waals surface area (Å²) in [6.07, 6.45) is -1.37. The molecule has 0 fully saturated rings.